The Hall–Kier alpha value is -1.05. The van der Waals surface area contributed by atoms with Gasteiger partial charge >= 0.3 is 6.03 Å². The summed E-state index contributed by atoms with van der Waals surface area (Å²) < 4.78 is 5.57. The zero-order valence-electron chi connectivity index (χ0n) is 12.3. The van der Waals surface area contributed by atoms with Gasteiger partial charge in [0.25, 0.3) is 0 Å². The van der Waals surface area contributed by atoms with E-state index in [1.165, 1.54) is 0 Å². The smallest absolute Gasteiger partial charge is 0.317 e. The summed E-state index contributed by atoms with van der Waals surface area (Å²) in [5.41, 5.74) is 5.53. The lowest BCUT2D eigenvalue weighted by molar-refractivity contribution is -0.132. The van der Waals surface area contributed by atoms with Crippen LogP contribution in [0.2, 0.25) is 0 Å². The summed E-state index contributed by atoms with van der Waals surface area (Å²) in [5, 5.41) is 5.73. The lowest BCUT2D eigenvalue weighted by atomic mass is 10.1. The molecule has 1 unspecified atom stereocenters. The number of likely N-dealkylation sites (tertiary alicyclic amines) is 1. The molecule has 0 radical (unpaired) electrons. The SMILES string of the molecule is CCNC(=O)N1CCC(NC(=O)[C@@H]2CC[C@H](CN)O2)C1.Cl. The van der Waals surface area contributed by atoms with Gasteiger partial charge in [0, 0.05) is 32.2 Å². The van der Waals surface area contributed by atoms with Crippen molar-refractivity contribution in [2.24, 2.45) is 5.73 Å². The molecular formula is C13H25ClN4O3. The molecule has 7 nitrogen and oxygen atoms in total. The van der Waals surface area contributed by atoms with Crippen LogP contribution in [0.4, 0.5) is 4.79 Å². The standard InChI is InChI=1S/C13H24N4O3.ClH/c1-2-15-13(19)17-6-5-9(8-17)16-12(18)11-4-3-10(7-14)20-11;/h9-11H,2-8,14H2,1H3,(H,15,19)(H,16,18);1H/t9?,10-,11+;/m1./s1. The van der Waals surface area contributed by atoms with E-state index in [-0.39, 0.29) is 42.6 Å². The zero-order valence-corrected chi connectivity index (χ0v) is 13.2. The average molecular weight is 321 g/mol. The number of hydrogen-bond acceptors (Lipinski definition) is 4. The third-order valence-corrected chi connectivity index (χ3v) is 3.81. The van der Waals surface area contributed by atoms with Crippen molar-refractivity contribution in [2.75, 3.05) is 26.2 Å². The van der Waals surface area contributed by atoms with Gasteiger partial charge in [0.1, 0.15) is 6.10 Å². The van der Waals surface area contributed by atoms with Gasteiger partial charge in [-0.3, -0.25) is 4.79 Å². The highest BCUT2D eigenvalue weighted by molar-refractivity contribution is 5.85. The van der Waals surface area contributed by atoms with Crippen molar-refractivity contribution in [1.29, 1.82) is 0 Å². The number of nitrogens with zero attached hydrogens (tertiary/aromatic N) is 1. The van der Waals surface area contributed by atoms with Crippen molar-refractivity contribution in [3.63, 3.8) is 0 Å². The first-order valence-corrected chi connectivity index (χ1v) is 7.32. The molecule has 122 valence electrons. The second-order valence-corrected chi connectivity index (χ2v) is 5.34. The van der Waals surface area contributed by atoms with Crippen molar-refractivity contribution < 1.29 is 14.3 Å². The van der Waals surface area contributed by atoms with Gasteiger partial charge in [-0.2, -0.15) is 0 Å². The highest BCUT2D eigenvalue weighted by atomic mass is 35.5. The third-order valence-electron chi connectivity index (χ3n) is 3.81. The highest BCUT2D eigenvalue weighted by Crippen LogP contribution is 2.19. The Balaban J connectivity index is 0.00000220. The monoisotopic (exact) mass is 320 g/mol. The first-order chi connectivity index (χ1) is 9.63. The van der Waals surface area contributed by atoms with Gasteiger partial charge in [-0.05, 0) is 26.2 Å². The molecule has 0 aromatic carbocycles. The second kappa shape index (κ2) is 8.41. The van der Waals surface area contributed by atoms with Crippen LogP contribution in [0.5, 0.6) is 0 Å². The molecular weight excluding hydrogens is 296 g/mol. The Morgan fingerprint density at radius 3 is 2.71 bits per heavy atom. The van der Waals surface area contributed by atoms with E-state index in [2.05, 4.69) is 10.6 Å². The molecule has 2 aliphatic rings. The molecule has 2 rings (SSSR count). The van der Waals surface area contributed by atoms with E-state index in [1.54, 1.807) is 4.90 Å². The number of ether oxygens (including phenoxy) is 1. The number of nitrogens with two attached hydrogens (primary N) is 1. The van der Waals surface area contributed by atoms with Crippen LogP contribution in [0, 0.1) is 0 Å². The maximum Gasteiger partial charge on any atom is 0.317 e. The summed E-state index contributed by atoms with van der Waals surface area (Å²) in [5.74, 6) is -0.0799. The topological polar surface area (TPSA) is 96.7 Å². The maximum absolute atomic E-state index is 12.1. The minimum absolute atomic E-state index is 0. The van der Waals surface area contributed by atoms with Crippen molar-refractivity contribution in [3.05, 3.63) is 0 Å². The van der Waals surface area contributed by atoms with E-state index in [0.717, 1.165) is 19.3 Å². The van der Waals surface area contributed by atoms with Crippen LogP contribution < -0.4 is 16.4 Å². The van der Waals surface area contributed by atoms with E-state index >= 15 is 0 Å². The van der Waals surface area contributed by atoms with E-state index < -0.39 is 0 Å². The highest BCUT2D eigenvalue weighted by Gasteiger charge is 2.33. The second-order valence-electron chi connectivity index (χ2n) is 5.34. The molecule has 0 aliphatic carbocycles. The molecule has 3 amide bonds. The summed E-state index contributed by atoms with van der Waals surface area (Å²) >= 11 is 0. The summed E-state index contributed by atoms with van der Waals surface area (Å²) in [6.07, 6.45) is 1.96. The van der Waals surface area contributed by atoms with Crippen LogP contribution in [0.1, 0.15) is 26.2 Å². The number of halogens is 1. The van der Waals surface area contributed by atoms with Crippen LogP contribution in [0.25, 0.3) is 0 Å². The Kier molecular flexibility index (Phi) is 7.21. The molecule has 21 heavy (non-hydrogen) atoms. The van der Waals surface area contributed by atoms with E-state index in [0.29, 0.717) is 26.2 Å². The number of carbonyl (C=O) groups is 2. The quantitative estimate of drug-likeness (QED) is 0.670. The first kappa shape index (κ1) is 18.0. The zero-order chi connectivity index (χ0) is 14.5. The molecule has 4 N–H and O–H groups in total. The lowest BCUT2D eigenvalue weighted by Gasteiger charge is -2.19. The van der Waals surface area contributed by atoms with Gasteiger partial charge in [-0.25, -0.2) is 4.79 Å². The van der Waals surface area contributed by atoms with Crippen molar-refractivity contribution in [2.45, 2.75) is 44.4 Å². The van der Waals surface area contributed by atoms with Gasteiger partial charge in [0.15, 0.2) is 0 Å². The molecule has 3 atom stereocenters. The molecule has 0 aromatic heterocycles. The van der Waals surface area contributed by atoms with Gasteiger partial charge in [0.05, 0.1) is 6.10 Å². The Morgan fingerprint density at radius 2 is 2.10 bits per heavy atom. The molecule has 0 bridgehead atoms. The molecule has 0 saturated carbocycles. The van der Waals surface area contributed by atoms with Crippen molar-refractivity contribution >= 4 is 24.3 Å². The van der Waals surface area contributed by atoms with E-state index in [4.69, 9.17) is 10.5 Å². The fourth-order valence-electron chi connectivity index (χ4n) is 2.69. The molecule has 2 saturated heterocycles. The lowest BCUT2D eigenvalue weighted by Crippen LogP contribution is -2.45. The number of nitrogens with one attached hydrogen (secondary N) is 2. The molecule has 0 aromatic rings. The predicted octanol–water partition coefficient (Wildman–Crippen LogP) is -0.165. The van der Waals surface area contributed by atoms with Crippen molar-refractivity contribution in [1.82, 2.24) is 15.5 Å². The van der Waals surface area contributed by atoms with Crippen LogP contribution in [-0.4, -0.2) is 61.3 Å². The fraction of sp³-hybridized carbons (Fsp3) is 0.846. The Morgan fingerprint density at radius 1 is 1.33 bits per heavy atom. The molecule has 0 spiro atoms. The summed E-state index contributed by atoms with van der Waals surface area (Å²) in [4.78, 5) is 25.5. The normalized spacial score (nSPS) is 28.1. The largest absolute Gasteiger partial charge is 0.364 e. The van der Waals surface area contributed by atoms with E-state index in [9.17, 15) is 9.59 Å². The summed E-state index contributed by atoms with van der Waals surface area (Å²) in [6, 6.07) is -0.0461. The van der Waals surface area contributed by atoms with E-state index in [1.807, 2.05) is 6.92 Å². The maximum atomic E-state index is 12.1. The predicted molar refractivity (Wildman–Crippen MR) is 81.4 cm³/mol. The molecule has 2 heterocycles. The number of hydrogen-bond donors (Lipinski definition) is 3. The van der Waals surface area contributed by atoms with Crippen LogP contribution in [0.15, 0.2) is 0 Å². The minimum Gasteiger partial charge on any atom is -0.364 e. The Bertz CT molecular complexity index is 369. The van der Waals surface area contributed by atoms with Crippen LogP contribution >= 0.6 is 12.4 Å². The molecule has 8 heteroatoms. The van der Waals surface area contributed by atoms with Gasteiger partial charge in [-0.15, -0.1) is 12.4 Å². The summed E-state index contributed by atoms with van der Waals surface area (Å²) in [6.45, 7) is 4.19. The fourth-order valence-corrected chi connectivity index (χ4v) is 2.69. The van der Waals surface area contributed by atoms with Gasteiger partial charge < -0.3 is 26.0 Å². The minimum atomic E-state index is -0.387. The average Bonchev–Trinajstić information content (AvgIpc) is 3.07. The number of carbonyl (C=O) groups excluding carboxylic acids is 2. The van der Waals surface area contributed by atoms with Crippen LogP contribution in [0.3, 0.4) is 0 Å². The molecule has 2 fully saturated rings. The number of urea groups is 1. The van der Waals surface area contributed by atoms with Crippen molar-refractivity contribution in [3.8, 4) is 0 Å². The van der Waals surface area contributed by atoms with Crippen LogP contribution in [-0.2, 0) is 9.53 Å². The van der Waals surface area contributed by atoms with Gasteiger partial charge in [-0.1, -0.05) is 0 Å². The number of rotatable bonds is 4. The Labute approximate surface area is 131 Å². The summed E-state index contributed by atoms with van der Waals surface area (Å²) in [7, 11) is 0. The first-order valence-electron chi connectivity index (χ1n) is 7.32. The van der Waals surface area contributed by atoms with Gasteiger partial charge in [0.2, 0.25) is 5.91 Å². The molecule has 2 aliphatic heterocycles. The third kappa shape index (κ3) is 4.72. The number of amides is 3.